The van der Waals surface area contributed by atoms with Gasteiger partial charge in [0.25, 0.3) is 0 Å². The van der Waals surface area contributed by atoms with Gasteiger partial charge in [-0.05, 0) is 41.6 Å². The van der Waals surface area contributed by atoms with E-state index in [-0.39, 0.29) is 5.41 Å². The maximum atomic E-state index is 10.1. The van der Waals surface area contributed by atoms with Gasteiger partial charge in [0.2, 0.25) is 0 Å². The van der Waals surface area contributed by atoms with E-state index < -0.39 is 0 Å². The molecule has 0 aliphatic heterocycles. The molecule has 2 heteroatoms. The second-order valence-corrected chi connectivity index (χ2v) is 5.78. The number of nitrogens with zero attached hydrogens (tertiary/aromatic N) is 1. The summed E-state index contributed by atoms with van der Waals surface area (Å²) in [5.74, 6) is 0.475. The van der Waals surface area contributed by atoms with E-state index in [2.05, 4.69) is 33.0 Å². The third kappa shape index (κ3) is 2.91. The average molecular weight is 221 g/mol. The first kappa shape index (κ1) is 12.9. The average Bonchev–Trinajstić information content (AvgIpc) is 2.08. The molecule has 0 aromatic rings. The quantitative estimate of drug-likeness (QED) is 0.730. The van der Waals surface area contributed by atoms with Gasteiger partial charge in [-0.15, -0.1) is 0 Å². The number of hydrogen-bond acceptors (Lipinski definition) is 2. The molecule has 0 radical (unpaired) electrons. The SMILES string of the molecule is CC1=C(O)C(C(C)(C)C)=CC(=CN(C)C)C1. The molecule has 0 saturated carbocycles. The molecule has 0 aromatic carbocycles. The van der Waals surface area contributed by atoms with E-state index in [0.717, 1.165) is 17.6 Å². The lowest BCUT2D eigenvalue weighted by molar-refractivity contribution is 0.369. The van der Waals surface area contributed by atoms with E-state index in [4.69, 9.17) is 0 Å². The molecular weight excluding hydrogens is 198 g/mol. The highest BCUT2D eigenvalue weighted by atomic mass is 16.3. The van der Waals surface area contributed by atoms with E-state index in [1.807, 2.05) is 25.9 Å². The van der Waals surface area contributed by atoms with Gasteiger partial charge in [-0.25, -0.2) is 0 Å². The Labute approximate surface area is 99.0 Å². The van der Waals surface area contributed by atoms with Crippen LogP contribution >= 0.6 is 0 Å². The maximum Gasteiger partial charge on any atom is 0.118 e. The standard InChI is InChI=1S/C14H23NO/c1-10-7-11(9-15(5)6)8-12(13(10)16)14(2,3)4/h8-9,16H,7H2,1-6H3. The van der Waals surface area contributed by atoms with E-state index in [9.17, 15) is 5.11 Å². The Kier molecular flexibility index (Phi) is 3.51. The van der Waals surface area contributed by atoms with Crippen molar-refractivity contribution >= 4 is 0 Å². The molecule has 1 aliphatic carbocycles. The summed E-state index contributed by atoms with van der Waals surface area (Å²) in [6.45, 7) is 8.38. The van der Waals surface area contributed by atoms with Gasteiger partial charge >= 0.3 is 0 Å². The molecule has 0 bridgehead atoms. The summed E-state index contributed by atoms with van der Waals surface area (Å²) in [5, 5.41) is 10.1. The predicted molar refractivity (Wildman–Crippen MR) is 69.3 cm³/mol. The van der Waals surface area contributed by atoms with Crippen molar-refractivity contribution in [2.75, 3.05) is 14.1 Å². The molecule has 16 heavy (non-hydrogen) atoms. The minimum absolute atomic E-state index is 0.0167. The molecule has 0 saturated heterocycles. The lowest BCUT2D eigenvalue weighted by Gasteiger charge is -2.28. The summed E-state index contributed by atoms with van der Waals surface area (Å²) in [7, 11) is 4.04. The monoisotopic (exact) mass is 221 g/mol. The van der Waals surface area contributed by atoms with Gasteiger partial charge in [-0.2, -0.15) is 0 Å². The largest absolute Gasteiger partial charge is 0.508 e. The lowest BCUT2D eigenvalue weighted by atomic mass is 9.79. The minimum Gasteiger partial charge on any atom is -0.508 e. The normalized spacial score (nSPS) is 20.1. The van der Waals surface area contributed by atoms with Crippen LogP contribution in [0, 0.1) is 5.41 Å². The highest BCUT2D eigenvalue weighted by molar-refractivity contribution is 5.45. The van der Waals surface area contributed by atoms with Gasteiger partial charge < -0.3 is 10.0 Å². The van der Waals surface area contributed by atoms with Crippen molar-refractivity contribution in [3.63, 3.8) is 0 Å². The minimum atomic E-state index is -0.0167. The van der Waals surface area contributed by atoms with Gasteiger partial charge in [0.1, 0.15) is 5.76 Å². The Morgan fingerprint density at radius 2 is 1.88 bits per heavy atom. The van der Waals surface area contributed by atoms with E-state index >= 15 is 0 Å². The first-order chi connectivity index (χ1) is 7.21. The Balaban J connectivity index is 3.16. The lowest BCUT2D eigenvalue weighted by Crippen LogP contribution is -2.16. The molecule has 1 aliphatic rings. The highest BCUT2D eigenvalue weighted by Gasteiger charge is 2.25. The van der Waals surface area contributed by atoms with Crippen molar-refractivity contribution in [3.05, 3.63) is 34.8 Å². The zero-order valence-corrected chi connectivity index (χ0v) is 11.3. The first-order valence-corrected chi connectivity index (χ1v) is 5.70. The second kappa shape index (κ2) is 4.36. The van der Waals surface area contributed by atoms with Gasteiger partial charge in [0.15, 0.2) is 0 Å². The van der Waals surface area contributed by atoms with Crippen molar-refractivity contribution in [3.8, 4) is 0 Å². The Morgan fingerprint density at radius 1 is 1.31 bits per heavy atom. The summed E-state index contributed by atoms with van der Waals surface area (Å²) in [6.07, 6.45) is 5.06. The molecule has 0 aromatic heterocycles. The summed E-state index contributed by atoms with van der Waals surface area (Å²) in [6, 6.07) is 0. The molecule has 0 heterocycles. The van der Waals surface area contributed by atoms with Gasteiger partial charge in [0, 0.05) is 20.3 Å². The number of allylic oxidation sites excluding steroid dienone is 4. The molecule has 0 fully saturated rings. The number of rotatable bonds is 1. The molecule has 2 nitrogen and oxygen atoms in total. The molecule has 1 rings (SSSR count). The highest BCUT2D eigenvalue weighted by Crippen LogP contribution is 2.37. The van der Waals surface area contributed by atoms with Crippen LogP contribution in [-0.4, -0.2) is 24.1 Å². The predicted octanol–water partition coefficient (Wildman–Crippen LogP) is 3.64. The summed E-state index contributed by atoms with van der Waals surface area (Å²) in [5.41, 5.74) is 3.33. The maximum absolute atomic E-state index is 10.1. The Bertz CT molecular complexity index is 365. The molecule has 0 spiro atoms. The van der Waals surface area contributed by atoms with Crippen LogP contribution in [-0.2, 0) is 0 Å². The third-order valence-corrected chi connectivity index (χ3v) is 2.69. The van der Waals surface area contributed by atoms with Crippen LogP contribution in [0.2, 0.25) is 0 Å². The fourth-order valence-electron chi connectivity index (χ4n) is 1.91. The number of hydrogen-bond donors (Lipinski definition) is 1. The zero-order valence-electron chi connectivity index (χ0n) is 11.3. The van der Waals surface area contributed by atoms with Crippen molar-refractivity contribution in [2.45, 2.75) is 34.1 Å². The van der Waals surface area contributed by atoms with Crippen molar-refractivity contribution in [1.82, 2.24) is 4.90 Å². The smallest absolute Gasteiger partial charge is 0.118 e. The fraction of sp³-hybridized carbons (Fsp3) is 0.571. The van der Waals surface area contributed by atoms with Crippen molar-refractivity contribution < 1.29 is 5.11 Å². The molecule has 1 N–H and O–H groups in total. The van der Waals surface area contributed by atoms with Crippen molar-refractivity contribution in [2.24, 2.45) is 5.41 Å². The molecule has 0 unspecified atom stereocenters. The van der Waals surface area contributed by atoms with Crippen LogP contribution in [0.15, 0.2) is 34.8 Å². The first-order valence-electron chi connectivity index (χ1n) is 5.70. The van der Waals surface area contributed by atoms with Crippen molar-refractivity contribution in [1.29, 1.82) is 0 Å². The zero-order chi connectivity index (χ0) is 12.5. The topological polar surface area (TPSA) is 23.5 Å². The van der Waals surface area contributed by atoms with Crippen LogP contribution in [0.4, 0.5) is 0 Å². The number of aliphatic hydroxyl groups is 1. The van der Waals surface area contributed by atoms with Gasteiger partial charge in [0.05, 0.1) is 0 Å². The van der Waals surface area contributed by atoms with Crippen LogP contribution in [0.25, 0.3) is 0 Å². The van der Waals surface area contributed by atoms with E-state index in [1.165, 1.54) is 5.57 Å². The van der Waals surface area contributed by atoms with E-state index in [1.54, 1.807) is 0 Å². The Morgan fingerprint density at radius 3 is 2.31 bits per heavy atom. The van der Waals surface area contributed by atoms with Crippen LogP contribution in [0.5, 0.6) is 0 Å². The summed E-state index contributed by atoms with van der Waals surface area (Å²) >= 11 is 0. The fourth-order valence-corrected chi connectivity index (χ4v) is 1.91. The molecular formula is C14H23NO. The van der Waals surface area contributed by atoms with Gasteiger partial charge in [-0.3, -0.25) is 0 Å². The van der Waals surface area contributed by atoms with Crippen LogP contribution in [0.1, 0.15) is 34.1 Å². The van der Waals surface area contributed by atoms with Gasteiger partial charge in [-0.1, -0.05) is 20.8 Å². The molecule has 0 atom stereocenters. The van der Waals surface area contributed by atoms with E-state index in [0.29, 0.717) is 5.76 Å². The number of aliphatic hydroxyl groups excluding tert-OH is 1. The van der Waals surface area contributed by atoms with Crippen LogP contribution < -0.4 is 0 Å². The molecule has 90 valence electrons. The second-order valence-electron chi connectivity index (χ2n) is 5.78. The third-order valence-electron chi connectivity index (χ3n) is 2.69. The summed E-state index contributed by atoms with van der Waals surface area (Å²) in [4.78, 5) is 2.04. The van der Waals surface area contributed by atoms with Crippen LogP contribution in [0.3, 0.4) is 0 Å². The summed E-state index contributed by atoms with van der Waals surface area (Å²) < 4.78 is 0. The Hall–Kier alpha value is -1.18. The molecule has 0 amide bonds.